The number of rotatable bonds is 8. The number of carbonyl (C=O) groups is 1. The number of nitrogens with one attached hydrogen (secondary N) is 2. The molecule has 3 aromatic heterocycles. The Morgan fingerprint density at radius 1 is 1.22 bits per heavy atom. The molecule has 0 spiro atoms. The number of H-pyrrole nitrogens is 1. The zero-order valence-electron chi connectivity index (χ0n) is 18.7. The van der Waals surface area contributed by atoms with Crippen LogP contribution in [0.25, 0.3) is 21.8 Å². The predicted molar refractivity (Wildman–Crippen MR) is 126 cm³/mol. The molecule has 2 N–H and O–H groups in total. The van der Waals surface area contributed by atoms with Crippen LogP contribution < -0.4 is 10.9 Å². The van der Waals surface area contributed by atoms with E-state index < -0.39 is 0 Å². The number of nitrogens with zero attached hydrogens (tertiary/aromatic N) is 4. The Hall–Kier alpha value is -3.52. The van der Waals surface area contributed by atoms with Gasteiger partial charge < -0.3 is 14.8 Å². The summed E-state index contributed by atoms with van der Waals surface area (Å²) >= 11 is 0. The van der Waals surface area contributed by atoms with Crippen LogP contribution in [0.5, 0.6) is 0 Å². The van der Waals surface area contributed by atoms with Crippen molar-refractivity contribution in [1.29, 1.82) is 0 Å². The number of pyridine rings is 2. The van der Waals surface area contributed by atoms with Crippen LogP contribution in [0.4, 0.5) is 0 Å². The predicted octanol–water partition coefficient (Wildman–Crippen LogP) is 2.51. The van der Waals surface area contributed by atoms with Gasteiger partial charge in [-0.1, -0.05) is 18.2 Å². The highest BCUT2D eigenvalue weighted by Crippen LogP contribution is 2.23. The first kappa shape index (κ1) is 21.7. The normalized spacial score (nSPS) is 11.5. The Morgan fingerprint density at radius 2 is 2.00 bits per heavy atom. The average Bonchev–Trinajstić information content (AvgIpc) is 3.19. The number of carbonyl (C=O) groups excluding carboxylic acids is 1. The van der Waals surface area contributed by atoms with E-state index in [0.29, 0.717) is 36.0 Å². The molecular formula is C24H28N6O2. The number of aromatic amines is 1. The second-order valence-electron chi connectivity index (χ2n) is 8.25. The monoisotopic (exact) mass is 432 g/mol. The van der Waals surface area contributed by atoms with Gasteiger partial charge in [-0.3, -0.25) is 19.7 Å². The molecule has 32 heavy (non-hydrogen) atoms. The first-order chi connectivity index (χ1) is 15.5. The summed E-state index contributed by atoms with van der Waals surface area (Å²) in [7, 11) is 4.06. The third kappa shape index (κ3) is 4.40. The van der Waals surface area contributed by atoms with Gasteiger partial charge in [0.25, 0.3) is 11.5 Å². The van der Waals surface area contributed by atoms with Gasteiger partial charge in [0.2, 0.25) is 0 Å². The molecule has 0 radical (unpaired) electrons. The van der Waals surface area contributed by atoms with Gasteiger partial charge in [0.05, 0.1) is 17.1 Å². The summed E-state index contributed by atoms with van der Waals surface area (Å²) in [5.41, 5.74) is 3.70. The van der Waals surface area contributed by atoms with Crippen molar-refractivity contribution >= 4 is 27.7 Å². The molecule has 8 heteroatoms. The first-order valence-corrected chi connectivity index (χ1v) is 10.8. The zero-order valence-corrected chi connectivity index (χ0v) is 18.7. The molecule has 0 bridgehead atoms. The minimum Gasteiger partial charge on any atom is -0.352 e. The molecule has 0 atom stereocenters. The lowest BCUT2D eigenvalue weighted by atomic mass is 10.1. The van der Waals surface area contributed by atoms with E-state index in [1.807, 2.05) is 45.3 Å². The second-order valence-corrected chi connectivity index (χ2v) is 8.25. The molecule has 0 unspecified atom stereocenters. The third-order valence-corrected chi connectivity index (χ3v) is 5.59. The Kier molecular flexibility index (Phi) is 6.32. The third-order valence-electron chi connectivity index (χ3n) is 5.59. The lowest BCUT2D eigenvalue weighted by Gasteiger charge is -2.13. The number of hydrogen-bond acceptors (Lipinski definition) is 5. The Balaban J connectivity index is 1.59. The van der Waals surface area contributed by atoms with Gasteiger partial charge in [0, 0.05) is 48.4 Å². The van der Waals surface area contributed by atoms with E-state index in [9.17, 15) is 9.59 Å². The summed E-state index contributed by atoms with van der Waals surface area (Å²) in [5.74, 6) is -0.115. The Morgan fingerprint density at radius 3 is 2.75 bits per heavy atom. The van der Waals surface area contributed by atoms with Crippen molar-refractivity contribution in [2.45, 2.75) is 26.3 Å². The quantitative estimate of drug-likeness (QED) is 0.417. The van der Waals surface area contributed by atoms with E-state index in [1.165, 1.54) is 0 Å². The molecule has 1 aromatic carbocycles. The Labute approximate surface area is 186 Å². The minimum atomic E-state index is -0.115. The van der Waals surface area contributed by atoms with Gasteiger partial charge in [0.1, 0.15) is 5.52 Å². The summed E-state index contributed by atoms with van der Waals surface area (Å²) in [6.45, 7) is 3.70. The van der Waals surface area contributed by atoms with E-state index in [2.05, 4.69) is 25.4 Å². The highest BCUT2D eigenvalue weighted by molar-refractivity contribution is 6.03. The maximum Gasteiger partial charge on any atom is 0.262 e. The maximum absolute atomic E-state index is 13.3. The lowest BCUT2D eigenvalue weighted by Crippen LogP contribution is -2.27. The molecule has 0 fully saturated rings. The van der Waals surface area contributed by atoms with E-state index in [0.717, 1.165) is 35.3 Å². The molecule has 1 amide bonds. The summed E-state index contributed by atoms with van der Waals surface area (Å²) in [5, 5.41) is 11.8. The molecule has 4 aromatic rings. The van der Waals surface area contributed by atoms with E-state index in [4.69, 9.17) is 0 Å². The van der Waals surface area contributed by atoms with Crippen LogP contribution in [0.1, 0.15) is 28.2 Å². The van der Waals surface area contributed by atoms with Crippen molar-refractivity contribution in [1.82, 2.24) is 30.0 Å². The second kappa shape index (κ2) is 9.32. The van der Waals surface area contributed by atoms with Crippen LogP contribution in [-0.2, 0) is 13.0 Å². The first-order valence-electron chi connectivity index (χ1n) is 10.8. The average molecular weight is 433 g/mol. The maximum atomic E-state index is 13.3. The van der Waals surface area contributed by atoms with Crippen LogP contribution in [0, 0.1) is 6.92 Å². The molecule has 0 aliphatic rings. The van der Waals surface area contributed by atoms with Crippen molar-refractivity contribution in [3.8, 4) is 0 Å². The zero-order chi connectivity index (χ0) is 22.7. The van der Waals surface area contributed by atoms with Crippen molar-refractivity contribution in [3.05, 3.63) is 69.9 Å². The number of benzene rings is 1. The molecule has 0 aliphatic heterocycles. The molecule has 166 valence electrons. The highest BCUT2D eigenvalue weighted by Gasteiger charge is 2.16. The van der Waals surface area contributed by atoms with Crippen LogP contribution in [0.2, 0.25) is 0 Å². The molecule has 4 rings (SSSR count). The molecular weight excluding hydrogens is 404 g/mol. The lowest BCUT2D eigenvalue weighted by molar-refractivity contribution is 0.0952. The van der Waals surface area contributed by atoms with Crippen molar-refractivity contribution < 1.29 is 4.79 Å². The number of likely N-dealkylation sites (N-methyl/N-ethyl adjacent to an activating group) is 1. The van der Waals surface area contributed by atoms with Crippen molar-refractivity contribution in [2.24, 2.45) is 0 Å². The topological polar surface area (TPSA) is 95.9 Å². The van der Waals surface area contributed by atoms with Crippen LogP contribution in [0.15, 0.2) is 47.4 Å². The van der Waals surface area contributed by atoms with Gasteiger partial charge in [0.15, 0.2) is 0 Å². The van der Waals surface area contributed by atoms with E-state index in [-0.39, 0.29) is 11.5 Å². The fourth-order valence-electron chi connectivity index (χ4n) is 3.85. The minimum absolute atomic E-state index is 0.0871. The number of hydrogen-bond donors (Lipinski definition) is 2. The fourth-order valence-corrected chi connectivity index (χ4v) is 3.85. The van der Waals surface area contributed by atoms with Crippen LogP contribution >= 0.6 is 0 Å². The van der Waals surface area contributed by atoms with E-state index >= 15 is 0 Å². The standard InChI is InChI=1S/C24H28N6O2/c1-16-21-22(28-27-16)19-14-18(10-13-29(2)3)26-15-20(19)30(24(21)32)12-7-11-25-23(31)17-8-5-4-6-9-17/h4-6,8-9,14-15H,7,10-13H2,1-3H3,(H,25,31)(H,27,28). The van der Waals surface area contributed by atoms with Crippen LogP contribution in [0.3, 0.4) is 0 Å². The highest BCUT2D eigenvalue weighted by atomic mass is 16.1. The van der Waals surface area contributed by atoms with Gasteiger partial charge in [-0.15, -0.1) is 0 Å². The summed E-state index contributed by atoms with van der Waals surface area (Å²) in [6, 6.07) is 11.1. The number of aryl methyl sites for hydroxylation is 2. The fraction of sp³-hybridized carbons (Fsp3) is 0.333. The summed E-state index contributed by atoms with van der Waals surface area (Å²) < 4.78 is 1.75. The Bertz CT molecular complexity index is 1310. The molecule has 3 heterocycles. The van der Waals surface area contributed by atoms with Gasteiger partial charge in [-0.05, 0) is 45.6 Å². The van der Waals surface area contributed by atoms with Gasteiger partial charge >= 0.3 is 0 Å². The molecule has 8 nitrogen and oxygen atoms in total. The molecule has 0 saturated heterocycles. The SMILES string of the molecule is Cc1[nH]nc2c1c(=O)n(CCCNC(=O)c1ccccc1)c1cnc(CCN(C)C)cc21. The van der Waals surface area contributed by atoms with Gasteiger partial charge in [-0.2, -0.15) is 5.10 Å². The summed E-state index contributed by atoms with van der Waals surface area (Å²) in [6.07, 6.45) is 3.21. The number of aromatic nitrogens is 4. The van der Waals surface area contributed by atoms with Crippen molar-refractivity contribution in [3.63, 3.8) is 0 Å². The number of fused-ring (bicyclic) bond motifs is 3. The van der Waals surface area contributed by atoms with Gasteiger partial charge in [-0.25, -0.2) is 0 Å². The van der Waals surface area contributed by atoms with E-state index in [1.54, 1.807) is 22.9 Å². The smallest absolute Gasteiger partial charge is 0.262 e. The van der Waals surface area contributed by atoms with Crippen LogP contribution in [-0.4, -0.2) is 57.7 Å². The number of amides is 1. The molecule has 0 saturated carbocycles. The van der Waals surface area contributed by atoms with Crippen molar-refractivity contribution in [2.75, 3.05) is 27.2 Å². The molecule has 0 aliphatic carbocycles. The summed E-state index contributed by atoms with van der Waals surface area (Å²) in [4.78, 5) is 32.2. The largest absolute Gasteiger partial charge is 0.352 e.